The van der Waals surface area contributed by atoms with E-state index in [0.29, 0.717) is 6.29 Å². The minimum absolute atomic E-state index is 0.455. The normalized spacial score (nSPS) is 13.3. The number of aliphatic hydroxyl groups is 1. The average molecular weight is 175 g/mol. The van der Waals surface area contributed by atoms with Gasteiger partial charge in [0.05, 0.1) is 12.7 Å². The Morgan fingerprint density at radius 3 is 2.42 bits per heavy atom. The first kappa shape index (κ1) is 10.9. The molecule has 0 saturated carbocycles. The Morgan fingerprint density at radius 2 is 2.17 bits per heavy atom. The molecule has 0 radical (unpaired) electrons. The zero-order valence-electron chi connectivity index (χ0n) is 7.33. The fraction of sp³-hybridized carbons (Fsp3) is 0.714. The van der Waals surface area contributed by atoms with Crippen LogP contribution in [0.25, 0.3) is 0 Å². The largest absolute Gasteiger partial charge is 0.453 e. The van der Waals surface area contributed by atoms with Crippen molar-refractivity contribution >= 4 is 12.4 Å². The SMILES string of the molecule is COC(=O)N[C@H](C=O)C(C)(C)O. The van der Waals surface area contributed by atoms with E-state index in [1.54, 1.807) is 0 Å². The number of nitrogens with one attached hydrogen (secondary N) is 1. The average Bonchev–Trinajstić information content (AvgIpc) is 1.97. The number of alkyl carbamates (subject to hydrolysis) is 1. The monoisotopic (exact) mass is 175 g/mol. The van der Waals surface area contributed by atoms with Crippen LogP contribution in [0, 0.1) is 0 Å². The molecule has 0 fully saturated rings. The molecule has 12 heavy (non-hydrogen) atoms. The summed E-state index contributed by atoms with van der Waals surface area (Å²) in [6.07, 6.45) is -0.286. The van der Waals surface area contributed by atoms with Crippen molar-refractivity contribution < 1.29 is 19.4 Å². The number of rotatable bonds is 3. The van der Waals surface area contributed by atoms with Crippen LogP contribution in [-0.4, -0.2) is 36.2 Å². The molecular formula is C7H13NO4. The molecule has 0 aliphatic heterocycles. The van der Waals surface area contributed by atoms with Crippen molar-refractivity contribution in [1.29, 1.82) is 0 Å². The zero-order chi connectivity index (χ0) is 9.78. The molecule has 1 atom stereocenters. The fourth-order valence-electron chi connectivity index (χ4n) is 0.563. The summed E-state index contributed by atoms with van der Waals surface area (Å²) in [5.74, 6) is 0. The summed E-state index contributed by atoms with van der Waals surface area (Å²) in [4.78, 5) is 21.0. The third-order valence-electron chi connectivity index (χ3n) is 1.36. The number of aldehydes is 1. The van der Waals surface area contributed by atoms with Crippen molar-refractivity contribution in [2.75, 3.05) is 7.11 Å². The predicted octanol–water partition coefficient (Wildman–Crippen LogP) is -0.319. The van der Waals surface area contributed by atoms with Crippen LogP contribution < -0.4 is 5.32 Å². The molecule has 0 aromatic heterocycles. The number of hydrogen-bond donors (Lipinski definition) is 2. The minimum atomic E-state index is -1.28. The van der Waals surface area contributed by atoms with Crippen molar-refractivity contribution in [3.8, 4) is 0 Å². The van der Waals surface area contributed by atoms with Crippen molar-refractivity contribution in [3.63, 3.8) is 0 Å². The van der Waals surface area contributed by atoms with Gasteiger partial charge in [0.2, 0.25) is 0 Å². The molecule has 2 N–H and O–H groups in total. The van der Waals surface area contributed by atoms with Crippen molar-refractivity contribution in [1.82, 2.24) is 5.32 Å². The van der Waals surface area contributed by atoms with Gasteiger partial charge in [-0.2, -0.15) is 0 Å². The summed E-state index contributed by atoms with van der Waals surface area (Å²) in [6, 6.07) is -0.954. The Morgan fingerprint density at radius 1 is 1.67 bits per heavy atom. The lowest BCUT2D eigenvalue weighted by atomic mass is 10.0. The van der Waals surface area contributed by atoms with Crippen molar-refractivity contribution in [3.05, 3.63) is 0 Å². The van der Waals surface area contributed by atoms with Gasteiger partial charge in [0.15, 0.2) is 0 Å². The van der Waals surface area contributed by atoms with Gasteiger partial charge in [0.25, 0.3) is 0 Å². The molecule has 70 valence electrons. The Bertz CT molecular complexity index is 173. The van der Waals surface area contributed by atoms with E-state index in [1.807, 2.05) is 0 Å². The maximum atomic E-state index is 10.6. The standard InChI is InChI=1S/C7H13NO4/c1-7(2,11)5(4-9)8-6(10)12-3/h4-5,11H,1-3H3,(H,8,10)/t5-/m1/s1. The Kier molecular flexibility index (Phi) is 3.69. The summed E-state index contributed by atoms with van der Waals surface area (Å²) < 4.78 is 4.26. The first-order valence-corrected chi connectivity index (χ1v) is 3.44. The van der Waals surface area contributed by atoms with Crippen LogP contribution in [0.4, 0.5) is 4.79 Å². The van der Waals surface area contributed by atoms with E-state index in [9.17, 15) is 14.7 Å². The topological polar surface area (TPSA) is 75.6 Å². The molecular weight excluding hydrogens is 162 g/mol. The highest BCUT2D eigenvalue weighted by atomic mass is 16.5. The van der Waals surface area contributed by atoms with Crippen molar-refractivity contribution in [2.24, 2.45) is 0 Å². The van der Waals surface area contributed by atoms with Gasteiger partial charge in [-0.1, -0.05) is 0 Å². The second-order valence-corrected chi connectivity index (χ2v) is 2.90. The number of amides is 1. The highest BCUT2D eigenvalue weighted by molar-refractivity contribution is 5.73. The van der Waals surface area contributed by atoms with Gasteiger partial charge in [0, 0.05) is 0 Å². The van der Waals surface area contributed by atoms with Crippen molar-refractivity contribution in [2.45, 2.75) is 25.5 Å². The van der Waals surface area contributed by atoms with Crippen LogP contribution in [0.1, 0.15) is 13.8 Å². The zero-order valence-corrected chi connectivity index (χ0v) is 7.33. The van der Waals surface area contributed by atoms with Gasteiger partial charge < -0.3 is 20.0 Å². The molecule has 0 aromatic rings. The van der Waals surface area contributed by atoms with Gasteiger partial charge in [-0.25, -0.2) is 4.79 Å². The van der Waals surface area contributed by atoms with Gasteiger partial charge in [-0.3, -0.25) is 0 Å². The molecule has 0 saturated heterocycles. The molecule has 0 bridgehead atoms. The van der Waals surface area contributed by atoms with Gasteiger partial charge >= 0.3 is 6.09 Å². The minimum Gasteiger partial charge on any atom is -0.453 e. The van der Waals surface area contributed by atoms with Crippen LogP contribution in [0.15, 0.2) is 0 Å². The summed E-state index contributed by atoms with van der Waals surface area (Å²) in [5, 5.41) is 11.5. The lowest BCUT2D eigenvalue weighted by molar-refractivity contribution is -0.114. The van der Waals surface area contributed by atoms with Crippen LogP contribution >= 0.6 is 0 Å². The molecule has 0 aliphatic carbocycles. The lowest BCUT2D eigenvalue weighted by Gasteiger charge is -2.24. The van der Waals surface area contributed by atoms with Gasteiger partial charge in [-0.15, -0.1) is 0 Å². The molecule has 0 unspecified atom stereocenters. The quantitative estimate of drug-likeness (QED) is 0.576. The van der Waals surface area contributed by atoms with Crippen LogP contribution in [0.3, 0.4) is 0 Å². The summed E-state index contributed by atoms with van der Waals surface area (Å²) >= 11 is 0. The van der Waals surface area contributed by atoms with E-state index in [1.165, 1.54) is 21.0 Å². The van der Waals surface area contributed by atoms with E-state index >= 15 is 0 Å². The third-order valence-corrected chi connectivity index (χ3v) is 1.36. The second kappa shape index (κ2) is 4.06. The van der Waals surface area contributed by atoms with E-state index in [-0.39, 0.29) is 0 Å². The predicted molar refractivity (Wildman–Crippen MR) is 41.7 cm³/mol. The number of carbonyl (C=O) groups excluding carboxylic acids is 2. The first-order chi connectivity index (χ1) is 5.41. The van der Waals surface area contributed by atoms with E-state index < -0.39 is 17.7 Å². The summed E-state index contributed by atoms with van der Waals surface area (Å²) in [6.45, 7) is 2.84. The smallest absolute Gasteiger partial charge is 0.407 e. The van der Waals surface area contributed by atoms with Gasteiger partial charge in [-0.05, 0) is 13.8 Å². The first-order valence-electron chi connectivity index (χ1n) is 3.44. The second-order valence-electron chi connectivity index (χ2n) is 2.90. The fourth-order valence-corrected chi connectivity index (χ4v) is 0.563. The third kappa shape index (κ3) is 3.34. The van der Waals surface area contributed by atoms with E-state index in [4.69, 9.17) is 0 Å². The number of ether oxygens (including phenoxy) is 1. The van der Waals surface area contributed by atoms with Crippen LogP contribution in [0.5, 0.6) is 0 Å². The molecule has 5 nitrogen and oxygen atoms in total. The number of carbonyl (C=O) groups is 2. The molecule has 0 aliphatic rings. The summed E-state index contributed by atoms with van der Waals surface area (Å²) in [7, 11) is 1.18. The molecule has 0 rings (SSSR count). The molecule has 0 heterocycles. The lowest BCUT2D eigenvalue weighted by Crippen LogP contribution is -2.50. The highest BCUT2D eigenvalue weighted by Crippen LogP contribution is 2.05. The maximum absolute atomic E-state index is 10.6. The van der Waals surface area contributed by atoms with E-state index in [0.717, 1.165) is 0 Å². The molecule has 0 spiro atoms. The van der Waals surface area contributed by atoms with Crippen LogP contribution in [0.2, 0.25) is 0 Å². The van der Waals surface area contributed by atoms with E-state index in [2.05, 4.69) is 10.1 Å². The Hall–Kier alpha value is -1.10. The maximum Gasteiger partial charge on any atom is 0.407 e. The Balaban J connectivity index is 4.19. The number of hydrogen-bond acceptors (Lipinski definition) is 4. The molecule has 5 heteroatoms. The highest BCUT2D eigenvalue weighted by Gasteiger charge is 2.27. The molecule has 0 aromatic carbocycles. The van der Waals surface area contributed by atoms with Gasteiger partial charge in [0.1, 0.15) is 12.3 Å². The Labute approximate surface area is 70.7 Å². The number of methoxy groups -OCH3 is 1. The summed E-state index contributed by atoms with van der Waals surface area (Å²) in [5.41, 5.74) is -1.28. The molecule has 1 amide bonds. The van der Waals surface area contributed by atoms with Crippen LogP contribution in [-0.2, 0) is 9.53 Å².